The molecule has 4 N–H and O–H groups in total. The summed E-state index contributed by atoms with van der Waals surface area (Å²) in [5.74, 6) is -0.381. The maximum absolute atomic E-state index is 13.1. The van der Waals surface area contributed by atoms with Gasteiger partial charge in [0.1, 0.15) is 0 Å². The SMILES string of the molecule is Cc1ccc(C(=O)NC2CC2)cc1NC(=O)c1cc(N2CCN(C)[C@@H](C)C2)ccc1N. The van der Waals surface area contributed by atoms with Gasteiger partial charge in [-0.2, -0.15) is 0 Å². The van der Waals surface area contributed by atoms with Gasteiger partial charge in [0, 0.05) is 54.3 Å². The smallest absolute Gasteiger partial charge is 0.257 e. The number of carbonyl (C=O) groups is 2. The second-order valence-corrected chi connectivity index (χ2v) is 8.78. The highest BCUT2D eigenvalue weighted by molar-refractivity contribution is 6.09. The molecule has 2 aromatic carbocycles. The van der Waals surface area contributed by atoms with E-state index < -0.39 is 0 Å². The second kappa shape index (κ2) is 8.59. The number of rotatable bonds is 5. The first kappa shape index (κ1) is 21.2. The Morgan fingerprint density at radius 1 is 1.06 bits per heavy atom. The molecule has 0 aromatic heterocycles. The van der Waals surface area contributed by atoms with Crippen LogP contribution in [0.2, 0.25) is 0 Å². The van der Waals surface area contributed by atoms with Crippen LogP contribution in [0.15, 0.2) is 36.4 Å². The predicted octanol–water partition coefficient (Wildman–Crippen LogP) is 2.86. The summed E-state index contributed by atoms with van der Waals surface area (Å²) in [7, 11) is 2.13. The number of anilines is 3. The van der Waals surface area contributed by atoms with Gasteiger partial charge in [0.05, 0.1) is 5.56 Å². The van der Waals surface area contributed by atoms with Crippen LogP contribution >= 0.6 is 0 Å². The summed E-state index contributed by atoms with van der Waals surface area (Å²) in [6.07, 6.45) is 2.06. The van der Waals surface area contributed by atoms with E-state index in [4.69, 9.17) is 5.73 Å². The number of carbonyl (C=O) groups excluding carboxylic acids is 2. The third kappa shape index (κ3) is 4.82. The van der Waals surface area contributed by atoms with E-state index in [0.29, 0.717) is 28.5 Å². The lowest BCUT2D eigenvalue weighted by atomic mass is 10.1. The number of hydrogen-bond acceptors (Lipinski definition) is 5. The Labute approximate surface area is 183 Å². The van der Waals surface area contributed by atoms with E-state index in [9.17, 15) is 9.59 Å². The molecule has 4 rings (SSSR count). The lowest BCUT2D eigenvalue weighted by molar-refractivity contribution is 0.0949. The summed E-state index contributed by atoms with van der Waals surface area (Å²) >= 11 is 0. The maximum atomic E-state index is 13.1. The van der Waals surface area contributed by atoms with Crippen molar-refractivity contribution >= 4 is 28.9 Å². The van der Waals surface area contributed by atoms with Crippen molar-refractivity contribution in [2.75, 3.05) is 42.6 Å². The van der Waals surface area contributed by atoms with E-state index in [1.807, 2.05) is 25.1 Å². The number of benzene rings is 2. The highest BCUT2D eigenvalue weighted by Crippen LogP contribution is 2.26. The first-order chi connectivity index (χ1) is 14.8. The highest BCUT2D eigenvalue weighted by atomic mass is 16.2. The van der Waals surface area contributed by atoms with Crippen LogP contribution in [0.3, 0.4) is 0 Å². The van der Waals surface area contributed by atoms with E-state index in [0.717, 1.165) is 43.7 Å². The van der Waals surface area contributed by atoms with Gasteiger partial charge in [-0.15, -0.1) is 0 Å². The van der Waals surface area contributed by atoms with Crippen molar-refractivity contribution in [3.63, 3.8) is 0 Å². The van der Waals surface area contributed by atoms with Crippen LogP contribution < -0.4 is 21.3 Å². The maximum Gasteiger partial charge on any atom is 0.257 e. The third-order valence-electron chi connectivity index (χ3n) is 6.27. The standard InChI is InChI=1S/C24H31N5O2/c1-15-4-5-17(23(30)26-18-6-7-18)12-22(15)27-24(31)20-13-19(8-9-21(20)25)29-11-10-28(3)16(2)14-29/h4-5,8-9,12-13,16,18H,6-7,10-11,14,25H2,1-3H3,(H,26,30)(H,27,31)/t16-/m0/s1. The molecular weight excluding hydrogens is 390 g/mol. The quantitative estimate of drug-likeness (QED) is 0.646. The third-order valence-corrected chi connectivity index (χ3v) is 6.27. The Bertz CT molecular complexity index is 1000. The molecule has 0 unspecified atom stereocenters. The fourth-order valence-corrected chi connectivity index (χ4v) is 3.80. The number of amides is 2. The molecule has 1 heterocycles. The minimum atomic E-state index is -0.274. The molecular formula is C24H31N5O2. The zero-order valence-electron chi connectivity index (χ0n) is 18.4. The van der Waals surface area contributed by atoms with Gasteiger partial charge >= 0.3 is 0 Å². The molecule has 164 valence electrons. The summed E-state index contributed by atoms with van der Waals surface area (Å²) < 4.78 is 0. The van der Waals surface area contributed by atoms with Gasteiger partial charge in [-0.05, 0) is 69.6 Å². The van der Waals surface area contributed by atoms with E-state index in [1.165, 1.54) is 0 Å². The van der Waals surface area contributed by atoms with Crippen LogP contribution in [0.4, 0.5) is 17.1 Å². The summed E-state index contributed by atoms with van der Waals surface area (Å²) in [6.45, 7) is 6.89. The normalized spacial score (nSPS) is 19.2. The molecule has 0 radical (unpaired) electrons. The second-order valence-electron chi connectivity index (χ2n) is 8.78. The van der Waals surface area contributed by atoms with Crippen molar-refractivity contribution in [3.8, 4) is 0 Å². The van der Waals surface area contributed by atoms with Crippen LogP contribution in [0, 0.1) is 6.92 Å². The number of nitrogen functional groups attached to an aromatic ring is 1. The highest BCUT2D eigenvalue weighted by Gasteiger charge is 2.25. The summed E-state index contributed by atoms with van der Waals surface area (Å²) in [6, 6.07) is 11.7. The Kier molecular flexibility index (Phi) is 5.87. The van der Waals surface area contributed by atoms with Gasteiger partial charge < -0.3 is 26.2 Å². The van der Waals surface area contributed by atoms with Crippen molar-refractivity contribution < 1.29 is 9.59 Å². The van der Waals surface area contributed by atoms with Crippen LogP contribution in [0.25, 0.3) is 0 Å². The lowest BCUT2D eigenvalue weighted by Crippen LogP contribution is -2.50. The minimum absolute atomic E-state index is 0.108. The zero-order valence-corrected chi connectivity index (χ0v) is 18.4. The molecule has 1 aliphatic heterocycles. The van der Waals surface area contributed by atoms with Gasteiger partial charge in [-0.1, -0.05) is 6.07 Å². The fraction of sp³-hybridized carbons (Fsp3) is 0.417. The van der Waals surface area contributed by atoms with E-state index in [-0.39, 0.29) is 17.9 Å². The molecule has 0 bridgehead atoms. The summed E-state index contributed by atoms with van der Waals surface area (Å²) in [4.78, 5) is 30.1. The zero-order chi connectivity index (χ0) is 22.1. The average Bonchev–Trinajstić information content (AvgIpc) is 3.56. The van der Waals surface area contributed by atoms with Crippen LogP contribution in [-0.4, -0.2) is 55.5 Å². The molecule has 2 fully saturated rings. The Balaban J connectivity index is 1.52. The molecule has 1 atom stereocenters. The van der Waals surface area contributed by atoms with Crippen molar-refractivity contribution in [1.29, 1.82) is 0 Å². The first-order valence-corrected chi connectivity index (χ1v) is 10.9. The molecule has 1 aliphatic carbocycles. The van der Waals surface area contributed by atoms with Crippen molar-refractivity contribution in [2.45, 2.75) is 38.8 Å². The first-order valence-electron chi connectivity index (χ1n) is 10.9. The fourth-order valence-electron chi connectivity index (χ4n) is 3.80. The summed E-state index contributed by atoms with van der Waals surface area (Å²) in [5.41, 5.74) is 10.1. The van der Waals surface area contributed by atoms with E-state index in [2.05, 4.69) is 34.4 Å². The van der Waals surface area contributed by atoms with Crippen LogP contribution in [0.1, 0.15) is 46.0 Å². The monoisotopic (exact) mass is 421 g/mol. The van der Waals surface area contributed by atoms with Gasteiger partial charge in [-0.25, -0.2) is 0 Å². The molecule has 7 nitrogen and oxygen atoms in total. The summed E-state index contributed by atoms with van der Waals surface area (Å²) in [5, 5.41) is 5.93. The Morgan fingerprint density at radius 3 is 2.55 bits per heavy atom. The van der Waals surface area contributed by atoms with Crippen molar-refractivity contribution in [3.05, 3.63) is 53.1 Å². The van der Waals surface area contributed by atoms with Crippen molar-refractivity contribution in [2.24, 2.45) is 0 Å². The number of nitrogens with two attached hydrogens (primary N) is 1. The van der Waals surface area contributed by atoms with Crippen LogP contribution in [0.5, 0.6) is 0 Å². The van der Waals surface area contributed by atoms with Gasteiger partial charge in [0.25, 0.3) is 11.8 Å². The molecule has 0 spiro atoms. The topological polar surface area (TPSA) is 90.7 Å². The molecule has 2 aliphatic rings. The predicted molar refractivity (Wildman–Crippen MR) is 125 cm³/mol. The number of piperazine rings is 1. The van der Waals surface area contributed by atoms with Gasteiger partial charge in [-0.3, -0.25) is 9.59 Å². The number of hydrogen-bond donors (Lipinski definition) is 3. The van der Waals surface area contributed by atoms with Crippen LogP contribution in [-0.2, 0) is 0 Å². The average molecular weight is 422 g/mol. The van der Waals surface area contributed by atoms with E-state index in [1.54, 1.807) is 18.2 Å². The van der Waals surface area contributed by atoms with Gasteiger partial charge in [0.2, 0.25) is 0 Å². The van der Waals surface area contributed by atoms with Gasteiger partial charge in [0.15, 0.2) is 0 Å². The molecule has 2 aromatic rings. The molecule has 7 heteroatoms. The molecule has 2 amide bonds. The molecule has 1 saturated carbocycles. The van der Waals surface area contributed by atoms with E-state index >= 15 is 0 Å². The Hall–Kier alpha value is -3.06. The van der Waals surface area contributed by atoms with Crippen molar-refractivity contribution in [1.82, 2.24) is 10.2 Å². The number of nitrogens with zero attached hydrogens (tertiary/aromatic N) is 2. The lowest BCUT2D eigenvalue weighted by Gasteiger charge is -2.39. The Morgan fingerprint density at radius 2 is 1.84 bits per heavy atom. The minimum Gasteiger partial charge on any atom is -0.398 e. The largest absolute Gasteiger partial charge is 0.398 e. The molecule has 31 heavy (non-hydrogen) atoms. The molecule has 1 saturated heterocycles. The number of aryl methyl sites for hydroxylation is 1. The number of likely N-dealkylation sites (N-methyl/N-ethyl adjacent to an activating group) is 1. The number of nitrogens with one attached hydrogen (secondary N) is 2.